The molecule has 2 aromatic rings. The van der Waals surface area contributed by atoms with E-state index in [9.17, 15) is 0 Å². The highest BCUT2D eigenvalue weighted by molar-refractivity contribution is 5.88. The summed E-state index contributed by atoms with van der Waals surface area (Å²) in [6.07, 6.45) is 10.5. The van der Waals surface area contributed by atoms with Crippen molar-refractivity contribution in [2.45, 2.75) is 0 Å². The molecular weight excluding hydrogens is 244 g/mol. The SMILES string of the molecule is Nc1cccc2c1C=c1ccccc1=C1C=CC=CN12. The molecule has 0 aliphatic carbocycles. The molecule has 2 N–H and O–H groups in total. The number of rotatable bonds is 0. The largest absolute Gasteiger partial charge is 0.398 e. The second kappa shape index (κ2) is 4.14. The Balaban J connectivity index is 2.20. The fraction of sp³-hybridized carbons (Fsp3) is 0. The second-order valence-corrected chi connectivity index (χ2v) is 4.97. The van der Waals surface area contributed by atoms with E-state index in [0.29, 0.717) is 0 Å². The van der Waals surface area contributed by atoms with E-state index >= 15 is 0 Å². The molecule has 4 rings (SSSR count). The minimum Gasteiger partial charge on any atom is -0.398 e. The molecule has 2 aromatic carbocycles. The van der Waals surface area contributed by atoms with Crippen LogP contribution in [0.3, 0.4) is 0 Å². The quantitative estimate of drug-likeness (QED) is 0.733. The van der Waals surface area contributed by atoms with Gasteiger partial charge in [0.25, 0.3) is 0 Å². The molecule has 2 heteroatoms. The van der Waals surface area contributed by atoms with E-state index in [1.54, 1.807) is 0 Å². The molecule has 0 amide bonds. The van der Waals surface area contributed by atoms with Crippen LogP contribution in [0.15, 0.2) is 66.9 Å². The first-order chi connectivity index (χ1) is 9.84. The highest BCUT2D eigenvalue weighted by atomic mass is 15.1. The number of hydrogen-bond acceptors (Lipinski definition) is 2. The third-order valence-corrected chi connectivity index (χ3v) is 3.77. The van der Waals surface area contributed by atoms with Crippen molar-refractivity contribution < 1.29 is 0 Å². The summed E-state index contributed by atoms with van der Waals surface area (Å²) in [7, 11) is 0. The molecule has 2 heterocycles. The normalized spacial score (nSPS) is 15.0. The highest BCUT2D eigenvalue weighted by Crippen LogP contribution is 2.31. The van der Waals surface area contributed by atoms with Crippen molar-refractivity contribution in [2.24, 2.45) is 0 Å². The van der Waals surface area contributed by atoms with E-state index in [1.807, 2.05) is 18.2 Å². The Bertz CT molecular complexity index is 873. The van der Waals surface area contributed by atoms with E-state index in [-0.39, 0.29) is 0 Å². The molecule has 96 valence electrons. The number of benzene rings is 2. The first-order valence-electron chi connectivity index (χ1n) is 6.68. The van der Waals surface area contributed by atoms with E-state index in [0.717, 1.165) is 16.9 Å². The van der Waals surface area contributed by atoms with E-state index in [4.69, 9.17) is 5.73 Å². The number of nitrogen functional groups attached to an aromatic ring is 1. The Morgan fingerprint density at radius 2 is 1.80 bits per heavy atom. The van der Waals surface area contributed by atoms with Gasteiger partial charge in [0.05, 0.1) is 11.4 Å². The molecule has 0 aromatic heterocycles. The van der Waals surface area contributed by atoms with Gasteiger partial charge >= 0.3 is 0 Å². The van der Waals surface area contributed by atoms with Gasteiger partial charge in [-0.25, -0.2) is 0 Å². The summed E-state index contributed by atoms with van der Waals surface area (Å²) in [5.41, 5.74) is 10.4. The first kappa shape index (κ1) is 11.1. The lowest BCUT2D eigenvalue weighted by Crippen LogP contribution is -2.30. The van der Waals surface area contributed by atoms with Crippen molar-refractivity contribution in [3.8, 4) is 0 Å². The Kier molecular flexibility index (Phi) is 2.30. The molecule has 0 spiro atoms. The summed E-state index contributed by atoms with van der Waals surface area (Å²) in [5, 5.41) is 2.42. The van der Waals surface area contributed by atoms with Crippen molar-refractivity contribution in [2.75, 3.05) is 10.6 Å². The maximum atomic E-state index is 6.18. The number of hydrogen-bond donors (Lipinski definition) is 1. The number of allylic oxidation sites excluding steroid dienone is 2. The minimum absolute atomic E-state index is 0.807. The summed E-state index contributed by atoms with van der Waals surface area (Å²) in [4.78, 5) is 2.20. The first-order valence-corrected chi connectivity index (χ1v) is 6.68. The summed E-state index contributed by atoms with van der Waals surface area (Å²) in [6.45, 7) is 0. The van der Waals surface area contributed by atoms with Gasteiger partial charge in [-0.3, -0.25) is 0 Å². The van der Waals surface area contributed by atoms with Crippen LogP contribution in [0, 0.1) is 0 Å². The average Bonchev–Trinajstić information content (AvgIpc) is 2.64. The van der Waals surface area contributed by atoms with Crippen LogP contribution >= 0.6 is 0 Å². The maximum absolute atomic E-state index is 6.18. The Morgan fingerprint density at radius 3 is 2.75 bits per heavy atom. The van der Waals surface area contributed by atoms with Gasteiger partial charge in [-0.2, -0.15) is 0 Å². The second-order valence-electron chi connectivity index (χ2n) is 4.97. The Morgan fingerprint density at radius 1 is 0.900 bits per heavy atom. The van der Waals surface area contributed by atoms with Crippen molar-refractivity contribution in [1.29, 1.82) is 0 Å². The predicted molar refractivity (Wildman–Crippen MR) is 84.3 cm³/mol. The fourth-order valence-electron chi connectivity index (χ4n) is 2.82. The Labute approximate surface area is 117 Å². The van der Waals surface area contributed by atoms with Crippen molar-refractivity contribution in [3.63, 3.8) is 0 Å². The predicted octanol–water partition coefficient (Wildman–Crippen LogP) is 2.11. The zero-order chi connectivity index (χ0) is 13.5. The highest BCUT2D eigenvalue weighted by Gasteiger charge is 2.17. The lowest BCUT2D eigenvalue weighted by Gasteiger charge is -2.25. The van der Waals surface area contributed by atoms with Gasteiger partial charge in [-0.15, -0.1) is 0 Å². The van der Waals surface area contributed by atoms with Crippen LogP contribution in [-0.2, 0) is 0 Å². The standard InChI is InChI=1S/C18H14N2/c19-16-8-5-10-18-15(16)12-13-6-1-2-7-14(13)17-9-3-4-11-20(17)18/h1-12H,19H2. The van der Waals surface area contributed by atoms with Gasteiger partial charge in [-0.05, 0) is 35.6 Å². The third-order valence-electron chi connectivity index (χ3n) is 3.77. The third kappa shape index (κ3) is 1.51. The van der Waals surface area contributed by atoms with Crippen LogP contribution in [0.1, 0.15) is 5.56 Å². The zero-order valence-corrected chi connectivity index (χ0v) is 11.0. The molecule has 0 bridgehead atoms. The van der Waals surface area contributed by atoms with Crippen LogP contribution in [0.25, 0.3) is 11.8 Å². The fourth-order valence-corrected chi connectivity index (χ4v) is 2.82. The molecular formula is C18H14N2. The summed E-state index contributed by atoms with van der Waals surface area (Å²) < 4.78 is 0. The molecule has 0 radical (unpaired) electrons. The van der Waals surface area contributed by atoms with Gasteiger partial charge in [0.1, 0.15) is 0 Å². The lowest BCUT2D eigenvalue weighted by atomic mass is 10.1. The average molecular weight is 258 g/mol. The van der Waals surface area contributed by atoms with E-state index in [2.05, 4.69) is 59.7 Å². The molecule has 0 saturated carbocycles. The maximum Gasteiger partial charge on any atom is 0.0549 e. The van der Waals surface area contributed by atoms with E-state index in [1.165, 1.54) is 16.1 Å². The van der Waals surface area contributed by atoms with Crippen molar-refractivity contribution in [3.05, 3.63) is 82.9 Å². The van der Waals surface area contributed by atoms with Crippen LogP contribution in [0.5, 0.6) is 0 Å². The molecule has 0 saturated heterocycles. The number of anilines is 2. The smallest absolute Gasteiger partial charge is 0.0549 e. The van der Waals surface area contributed by atoms with Gasteiger partial charge < -0.3 is 10.6 Å². The van der Waals surface area contributed by atoms with Crippen molar-refractivity contribution in [1.82, 2.24) is 0 Å². The number of fused-ring (bicyclic) bond motifs is 4. The Hall–Kier alpha value is -2.74. The van der Waals surface area contributed by atoms with Gasteiger partial charge in [0.2, 0.25) is 0 Å². The van der Waals surface area contributed by atoms with Gasteiger partial charge in [0.15, 0.2) is 0 Å². The lowest BCUT2D eigenvalue weighted by molar-refractivity contribution is 1.28. The van der Waals surface area contributed by atoms with Crippen LogP contribution in [0.4, 0.5) is 11.4 Å². The molecule has 0 fully saturated rings. The van der Waals surface area contributed by atoms with Crippen LogP contribution < -0.4 is 21.1 Å². The summed E-state index contributed by atoms with van der Waals surface area (Å²) >= 11 is 0. The zero-order valence-electron chi connectivity index (χ0n) is 11.0. The monoisotopic (exact) mass is 258 g/mol. The van der Waals surface area contributed by atoms with E-state index < -0.39 is 0 Å². The molecule has 0 unspecified atom stereocenters. The van der Waals surface area contributed by atoms with Crippen LogP contribution in [0.2, 0.25) is 0 Å². The van der Waals surface area contributed by atoms with Crippen LogP contribution in [-0.4, -0.2) is 0 Å². The molecule has 2 aliphatic heterocycles. The number of nitrogens with zero attached hydrogens (tertiary/aromatic N) is 1. The minimum atomic E-state index is 0.807. The van der Waals surface area contributed by atoms with Gasteiger partial charge in [-0.1, -0.05) is 36.4 Å². The molecule has 2 aliphatic rings. The molecule has 20 heavy (non-hydrogen) atoms. The molecule has 2 nitrogen and oxygen atoms in total. The topological polar surface area (TPSA) is 29.3 Å². The summed E-state index contributed by atoms with van der Waals surface area (Å²) in [6, 6.07) is 14.5. The molecule has 0 atom stereocenters. The number of nitrogens with two attached hydrogens (primary N) is 1. The summed E-state index contributed by atoms with van der Waals surface area (Å²) in [5.74, 6) is 0. The van der Waals surface area contributed by atoms with Crippen molar-refractivity contribution >= 4 is 23.1 Å². The van der Waals surface area contributed by atoms with Gasteiger partial charge in [0, 0.05) is 22.7 Å².